The van der Waals surface area contributed by atoms with Gasteiger partial charge in [-0.2, -0.15) is 13.2 Å². The number of hydrogen-bond donors (Lipinski definition) is 0. The summed E-state index contributed by atoms with van der Waals surface area (Å²) in [6.45, 7) is 5.26. The fourth-order valence-electron chi connectivity index (χ4n) is 3.13. The van der Waals surface area contributed by atoms with E-state index in [1.807, 2.05) is 0 Å². The molecule has 2 aromatic rings. The Morgan fingerprint density at radius 2 is 1.92 bits per heavy atom. The minimum Gasteiger partial charge on any atom is -0.466 e. The summed E-state index contributed by atoms with van der Waals surface area (Å²) in [5, 5.41) is 0. The van der Waals surface area contributed by atoms with E-state index in [2.05, 4.69) is 0 Å². The highest BCUT2D eigenvalue weighted by atomic mass is 19.4. The van der Waals surface area contributed by atoms with Gasteiger partial charge in [-0.05, 0) is 57.4 Å². The Kier molecular flexibility index (Phi) is 4.39. The Bertz CT molecular complexity index is 790. The molecule has 3 rings (SSSR count). The molecule has 0 N–H and O–H groups in total. The Balaban J connectivity index is 1.93. The van der Waals surface area contributed by atoms with Gasteiger partial charge in [0.15, 0.2) is 0 Å². The van der Waals surface area contributed by atoms with Crippen LogP contribution in [0.15, 0.2) is 34.7 Å². The van der Waals surface area contributed by atoms with Crippen molar-refractivity contribution in [2.45, 2.75) is 51.9 Å². The zero-order valence-corrected chi connectivity index (χ0v) is 14.4. The number of carbonyl (C=O) groups is 1. The second-order valence-electron chi connectivity index (χ2n) is 6.57. The van der Waals surface area contributed by atoms with Crippen LogP contribution < -0.4 is 0 Å². The van der Waals surface area contributed by atoms with Crippen LogP contribution in [0.3, 0.4) is 0 Å². The molecule has 1 amide bonds. The van der Waals surface area contributed by atoms with Gasteiger partial charge in [-0.1, -0.05) is 12.1 Å². The molecule has 25 heavy (non-hydrogen) atoms. The van der Waals surface area contributed by atoms with Crippen LogP contribution in [0, 0.1) is 13.8 Å². The summed E-state index contributed by atoms with van der Waals surface area (Å²) in [7, 11) is 0. The summed E-state index contributed by atoms with van der Waals surface area (Å²) < 4.78 is 44.4. The summed E-state index contributed by atoms with van der Waals surface area (Å²) in [6, 6.07) is 6.49. The van der Waals surface area contributed by atoms with E-state index in [4.69, 9.17) is 4.42 Å². The number of rotatable bonds is 4. The molecule has 0 saturated heterocycles. The van der Waals surface area contributed by atoms with Crippen molar-refractivity contribution in [1.82, 2.24) is 4.90 Å². The molecule has 3 nitrogen and oxygen atoms in total. The van der Waals surface area contributed by atoms with Crippen molar-refractivity contribution in [3.8, 4) is 0 Å². The third kappa shape index (κ3) is 3.57. The highest BCUT2D eigenvalue weighted by Gasteiger charge is 2.38. The molecule has 1 aliphatic rings. The molecule has 1 aromatic carbocycles. The van der Waals surface area contributed by atoms with E-state index in [0.717, 1.165) is 25.0 Å². The average Bonchev–Trinajstić information content (AvgIpc) is 3.30. The van der Waals surface area contributed by atoms with Gasteiger partial charge in [-0.3, -0.25) is 4.79 Å². The Morgan fingerprint density at radius 1 is 1.24 bits per heavy atom. The lowest BCUT2D eigenvalue weighted by molar-refractivity contribution is -0.137. The van der Waals surface area contributed by atoms with Crippen molar-refractivity contribution in [3.05, 3.63) is 58.5 Å². The number of nitrogens with zero attached hydrogens (tertiary/aromatic N) is 1. The number of aryl methyl sites for hydroxylation is 2. The van der Waals surface area contributed by atoms with Crippen LogP contribution in [0.2, 0.25) is 0 Å². The highest BCUT2D eigenvalue weighted by Crippen LogP contribution is 2.38. The van der Waals surface area contributed by atoms with Crippen molar-refractivity contribution >= 4 is 5.91 Å². The second kappa shape index (κ2) is 6.24. The zero-order valence-electron chi connectivity index (χ0n) is 14.4. The Labute approximate surface area is 144 Å². The van der Waals surface area contributed by atoms with Crippen LogP contribution >= 0.6 is 0 Å². The number of carbonyl (C=O) groups excluding carboxylic acids is 1. The molecule has 134 valence electrons. The standard InChI is InChI=1S/C19H20F3NO2/c1-11-9-17(13(3)25-11)18(24)23(16-7-8-16)12(2)14-5-4-6-15(10-14)19(20,21)22/h4-6,9-10,12,16H,7-8H2,1-3H3. The normalized spacial score (nSPS) is 15.9. The molecule has 1 atom stereocenters. The van der Waals surface area contributed by atoms with E-state index < -0.39 is 17.8 Å². The van der Waals surface area contributed by atoms with Crippen molar-refractivity contribution in [2.75, 3.05) is 0 Å². The molecule has 1 saturated carbocycles. The number of benzene rings is 1. The molecule has 1 unspecified atom stereocenters. The summed E-state index contributed by atoms with van der Waals surface area (Å²) >= 11 is 0. The average molecular weight is 351 g/mol. The molecule has 1 fully saturated rings. The van der Waals surface area contributed by atoms with Crippen molar-refractivity contribution < 1.29 is 22.4 Å². The first-order chi connectivity index (χ1) is 11.7. The maximum atomic E-state index is 13.0. The number of amides is 1. The van der Waals surface area contributed by atoms with Gasteiger partial charge in [0, 0.05) is 6.04 Å². The topological polar surface area (TPSA) is 33.5 Å². The maximum Gasteiger partial charge on any atom is 0.416 e. The fourth-order valence-corrected chi connectivity index (χ4v) is 3.13. The van der Waals surface area contributed by atoms with Gasteiger partial charge in [0.25, 0.3) is 5.91 Å². The lowest BCUT2D eigenvalue weighted by Gasteiger charge is -2.30. The molecule has 0 spiro atoms. The van der Waals surface area contributed by atoms with Crippen LogP contribution in [0.25, 0.3) is 0 Å². The van der Waals surface area contributed by atoms with E-state index in [1.54, 1.807) is 37.8 Å². The smallest absolute Gasteiger partial charge is 0.416 e. The predicted octanol–water partition coefficient (Wildman–Crippen LogP) is 5.28. The summed E-state index contributed by atoms with van der Waals surface area (Å²) in [5.74, 6) is 0.981. The van der Waals surface area contributed by atoms with Crippen LogP contribution in [0.4, 0.5) is 13.2 Å². The van der Waals surface area contributed by atoms with E-state index in [9.17, 15) is 18.0 Å². The van der Waals surface area contributed by atoms with Crippen LogP contribution in [-0.2, 0) is 6.18 Å². The van der Waals surface area contributed by atoms with Crippen molar-refractivity contribution in [2.24, 2.45) is 0 Å². The third-order valence-corrected chi connectivity index (χ3v) is 4.56. The Morgan fingerprint density at radius 3 is 2.44 bits per heavy atom. The molecule has 0 radical (unpaired) electrons. The number of halogens is 3. The first kappa shape index (κ1) is 17.6. The van der Waals surface area contributed by atoms with Gasteiger partial charge in [0.05, 0.1) is 17.2 Å². The minimum atomic E-state index is -4.40. The van der Waals surface area contributed by atoms with Crippen molar-refractivity contribution in [3.63, 3.8) is 0 Å². The molecule has 1 heterocycles. The molecule has 0 bridgehead atoms. The SMILES string of the molecule is Cc1cc(C(=O)N(C2CC2)C(C)c2cccc(C(F)(F)F)c2)c(C)o1. The number of hydrogen-bond acceptors (Lipinski definition) is 2. The van der Waals surface area contributed by atoms with Gasteiger partial charge in [0.1, 0.15) is 11.5 Å². The number of alkyl halides is 3. The predicted molar refractivity (Wildman–Crippen MR) is 87.2 cm³/mol. The van der Waals surface area contributed by atoms with Crippen molar-refractivity contribution in [1.29, 1.82) is 0 Å². The summed E-state index contributed by atoms with van der Waals surface area (Å²) in [4.78, 5) is 14.7. The molecular formula is C19H20F3NO2. The molecule has 6 heteroatoms. The summed E-state index contributed by atoms with van der Waals surface area (Å²) in [6.07, 6.45) is -2.67. The van der Waals surface area contributed by atoms with E-state index in [-0.39, 0.29) is 11.9 Å². The van der Waals surface area contributed by atoms with E-state index in [1.165, 1.54) is 6.07 Å². The second-order valence-corrected chi connectivity index (χ2v) is 6.57. The first-order valence-corrected chi connectivity index (χ1v) is 8.25. The van der Waals surface area contributed by atoms with Crippen LogP contribution in [0.1, 0.15) is 58.8 Å². The quantitative estimate of drug-likeness (QED) is 0.751. The lowest BCUT2D eigenvalue weighted by atomic mass is 10.0. The molecule has 0 aliphatic heterocycles. The fraction of sp³-hybridized carbons (Fsp3) is 0.421. The van der Waals surface area contributed by atoms with E-state index >= 15 is 0 Å². The maximum absolute atomic E-state index is 13.0. The van der Waals surface area contributed by atoms with Crippen LogP contribution in [-0.4, -0.2) is 16.8 Å². The van der Waals surface area contributed by atoms with Gasteiger partial charge in [-0.25, -0.2) is 0 Å². The first-order valence-electron chi connectivity index (χ1n) is 8.25. The minimum absolute atomic E-state index is 0.0617. The number of furan rings is 1. The van der Waals surface area contributed by atoms with Crippen LogP contribution in [0.5, 0.6) is 0 Å². The third-order valence-electron chi connectivity index (χ3n) is 4.56. The van der Waals surface area contributed by atoms with Gasteiger partial charge in [-0.15, -0.1) is 0 Å². The van der Waals surface area contributed by atoms with Gasteiger partial charge < -0.3 is 9.32 Å². The zero-order chi connectivity index (χ0) is 18.4. The highest BCUT2D eigenvalue weighted by molar-refractivity contribution is 5.96. The lowest BCUT2D eigenvalue weighted by Crippen LogP contribution is -2.35. The largest absolute Gasteiger partial charge is 0.466 e. The monoisotopic (exact) mass is 351 g/mol. The summed E-state index contributed by atoms with van der Waals surface area (Å²) in [5.41, 5.74) is 0.256. The molecular weight excluding hydrogens is 331 g/mol. The van der Waals surface area contributed by atoms with Gasteiger partial charge in [0.2, 0.25) is 0 Å². The molecule has 1 aromatic heterocycles. The van der Waals surface area contributed by atoms with E-state index in [0.29, 0.717) is 22.6 Å². The molecule has 1 aliphatic carbocycles. The Hall–Kier alpha value is -2.24. The van der Waals surface area contributed by atoms with Gasteiger partial charge >= 0.3 is 6.18 Å².